The summed E-state index contributed by atoms with van der Waals surface area (Å²) in [6.45, 7) is 1.45. The van der Waals surface area contributed by atoms with Crippen LogP contribution in [0.15, 0.2) is 54.6 Å². The molecule has 2 aromatic rings. The van der Waals surface area contributed by atoms with Gasteiger partial charge in [0.25, 0.3) is 0 Å². The molecule has 7 nitrogen and oxygen atoms in total. The molecule has 1 fully saturated rings. The fourth-order valence-electron chi connectivity index (χ4n) is 3.06. The molecule has 2 aromatic carbocycles. The second-order valence-electron chi connectivity index (χ2n) is 6.50. The molecule has 1 aliphatic heterocycles. The summed E-state index contributed by atoms with van der Waals surface area (Å²) in [5.74, 6) is -2.39. The Balaban J connectivity index is 1.70. The number of amides is 5. The van der Waals surface area contributed by atoms with E-state index in [2.05, 4.69) is 5.32 Å². The lowest BCUT2D eigenvalue weighted by atomic mass is 10.0. The third-order valence-corrected chi connectivity index (χ3v) is 4.41. The van der Waals surface area contributed by atoms with Gasteiger partial charge in [-0.2, -0.15) is 0 Å². The van der Waals surface area contributed by atoms with Crippen LogP contribution < -0.4 is 5.32 Å². The van der Waals surface area contributed by atoms with Gasteiger partial charge < -0.3 is 5.32 Å². The molecule has 1 N–H and O–H groups in total. The highest BCUT2D eigenvalue weighted by Gasteiger charge is 2.44. The van der Waals surface area contributed by atoms with E-state index in [1.54, 1.807) is 19.1 Å². The number of carbonyl (C=O) groups excluding carboxylic acids is 4. The van der Waals surface area contributed by atoms with Crippen LogP contribution >= 0.6 is 0 Å². The molecule has 7 heteroatoms. The number of hydrogen-bond acceptors (Lipinski definition) is 4. The fourth-order valence-corrected chi connectivity index (χ4v) is 3.06. The molecular weight excluding hydrogens is 358 g/mol. The number of urea groups is 1. The zero-order chi connectivity index (χ0) is 20.1. The maximum atomic E-state index is 12.4. The van der Waals surface area contributed by atoms with Gasteiger partial charge in [0, 0.05) is 12.2 Å². The van der Waals surface area contributed by atoms with E-state index in [1.165, 1.54) is 0 Å². The first-order chi connectivity index (χ1) is 13.5. The zero-order valence-electron chi connectivity index (χ0n) is 15.6. The van der Waals surface area contributed by atoms with Crippen molar-refractivity contribution >= 4 is 29.4 Å². The largest absolute Gasteiger partial charge is 0.334 e. The Morgan fingerprint density at radius 1 is 0.893 bits per heavy atom. The van der Waals surface area contributed by atoms with E-state index >= 15 is 0 Å². The number of nitrogens with zero attached hydrogens (tertiary/aromatic N) is 2. The van der Waals surface area contributed by atoms with Gasteiger partial charge in [0.1, 0.15) is 6.54 Å². The van der Waals surface area contributed by atoms with Crippen LogP contribution in [0, 0.1) is 0 Å². The lowest BCUT2D eigenvalue weighted by Crippen LogP contribution is -2.39. The summed E-state index contributed by atoms with van der Waals surface area (Å²) in [7, 11) is 0. The Kier molecular flexibility index (Phi) is 5.84. The topological polar surface area (TPSA) is 86.8 Å². The maximum Gasteiger partial charge on any atom is 0.334 e. The SMILES string of the molecule is CCCN1C(=O)C(=O)N(CC(=O)Nc2ccccc2Cc2ccccc2)C1=O. The van der Waals surface area contributed by atoms with Crippen LogP contribution in [0.3, 0.4) is 0 Å². The van der Waals surface area contributed by atoms with Gasteiger partial charge in [-0.15, -0.1) is 0 Å². The third-order valence-electron chi connectivity index (χ3n) is 4.41. The predicted octanol–water partition coefficient (Wildman–Crippen LogP) is 2.42. The number of benzene rings is 2. The molecule has 0 bridgehead atoms. The number of carbonyl (C=O) groups is 4. The minimum Gasteiger partial charge on any atom is -0.324 e. The van der Waals surface area contributed by atoms with Gasteiger partial charge in [-0.05, 0) is 30.0 Å². The molecule has 5 amide bonds. The molecule has 0 spiro atoms. The summed E-state index contributed by atoms with van der Waals surface area (Å²) in [6, 6.07) is 16.4. The highest BCUT2D eigenvalue weighted by atomic mass is 16.2. The third kappa shape index (κ3) is 4.09. The minimum atomic E-state index is -0.967. The Morgan fingerprint density at radius 3 is 2.25 bits per heavy atom. The van der Waals surface area contributed by atoms with E-state index in [0.29, 0.717) is 23.4 Å². The van der Waals surface area contributed by atoms with Crippen molar-refractivity contribution in [3.05, 3.63) is 65.7 Å². The van der Waals surface area contributed by atoms with E-state index in [1.807, 2.05) is 42.5 Å². The van der Waals surface area contributed by atoms with Crippen LogP contribution in [0.4, 0.5) is 10.5 Å². The zero-order valence-corrected chi connectivity index (χ0v) is 15.6. The van der Waals surface area contributed by atoms with Gasteiger partial charge >= 0.3 is 17.8 Å². The van der Waals surface area contributed by atoms with E-state index < -0.39 is 30.3 Å². The summed E-state index contributed by atoms with van der Waals surface area (Å²) < 4.78 is 0. The Labute approximate surface area is 162 Å². The quantitative estimate of drug-likeness (QED) is 0.591. The molecule has 0 aromatic heterocycles. The molecule has 3 rings (SSSR count). The molecule has 28 heavy (non-hydrogen) atoms. The van der Waals surface area contributed by atoms with Crippen molar-refractivity contribution < 1.29 is 19.2 Å². The van der Waals surface area contributed by atoms with Crippen LogP contribution in [0.5, 0.6) is 0 Å². The summed E-state index contributed by atoms with van der Waals surface area (Å²) in [5.41, 5.74) is 2.60. The van der Waals surface area contributed by atoms with Gasteiger partial charge in [0.2, 0.25) is 5.91 Å². The molecule has 1 saturated heterocycles. The van der Waals surface area contributed by atoms with Crippen LogP contribution in [-0.2, 0) is 20.8 Å². The molecule has 0 radical (unpaired) electrons. The summed E-state index contributed by atoms with van der Waals surface area (Å²) >= 11 is 0. The molecule has 0 saturated carbocycles. The van der Waals surface area contributed by atoms with Gasteiger partial charge in [-0.3, -0.25) is 19.3 Å². The smallest absolute Gasteiger partial charge is 0.324 e. The number of hydrogen-bond donors (Lipinski definition) is 1. The first-order valence-corrected chi connectivity index (χ1v) is 9.10. The molecule has 144 valence electrons. The van der Waals surface area contributed by atoms with Crippen molar-refractivity contribution in [3.63, 3.8) is 0 Å². The molecular formula is C21H21N3O4. The fraction of sp³-hybridized carbons (Fsp3) is 0.238. The number of imide groups is 2. The predicted molar refractivity (Wildman–Crippen MR) is 103 cm³/mol. The summed E-state index contributed by atoms with van der Waals surface area (Å²) in [4.78, 5) is 50.2. The average molecular weight is 379 g/mol. The normalized spacial score (nSPS) is 14.0. The first-order valence-electron chi connectivity index (χ1n) is 9.10. The van der Waals surface area contributed by atoms with Crippen molar-refractivity contribution in [2.75, 3.05) is 18.4 Å². The lowest BCUT2D eigenvalue weighted by Gasteiger charge is -2.16. The minimum absolute atomic E-state index is 0.154. The monoisotopic (exact) mass is 379 g/mol. The van der Waals surface area contributed by atoms with Crippen LogP contribution in [-0.4, -0.2) is 46.6 Å². The maximum absolute atomic E-state index is 12.4. The molecule has 0 aliphatic carbocycles. The Bertz CT molecular complexity index is 911. The summed E-state index contributed by atoms with van der Waals surface area (Å²) in [5, 5.41) is 2.75. The number of rotatable bonds is 7. The van der Waals surface area contributed by atoms with Crippen LogP contribution in [0.1, 0.15) is 24.5 Å². The van der Waals surface area contributed by atoms with Crippen molar-refractivity contribution in [3.8, 4) is 0 Å². The van der Waals surface area contributed by atoms with Gasteiger partial charge in [0.15, 0.2) is 0 Å². The van der Waals surface area contributed by atoms with Crippen molar-refractivity contribution in [1.82, 2.24) is 9.80 Å². The Morgan fingerprint density at radius 2 is 1.54 bits per heavy atom. The average Bonchev–Trinajstić information content (AvgIpc) is 2.89. The van der Waals surface area contributed by atoms with Crippen LogP contribution in [0.25, 0.3) is 0 Å². The number of para-hydroxylation sites is 1. The Hall–Kier alpha value is -3.48. The molecule has 1 heterocycles. The van der Waals surface area contributed by atoms with E-state index in [-0.39, 0.29) is 6.54 Å². The first kappa shape index (κ1) is 19.3. The van der Waals surface area contributed by atoms with Crippen LogP contribution in [0.2, 0.25) is 0 Å². The van der Waals surface area contributed by atoms with E-state index in [0.717, 1.165) is 16.0 Å². The van der Waals surface area contributed by atoms with Gasteiger partial charge in [0.05, 0.1) is 0 Å². The molecule has 0 unspecified atom stereocenters. The molecule has 0 atom stereocenters. The molecule has 1 aliphatic rings. The second kappa shape index (κ2) is 8.47. The van der Waals surface area contributed by atoms with Gasteiger partial charge in [-0.25, -0.2) is 9.69 Å². The van der Waals surface area contributed by atoms with Gasteiger partial charge in [-0.1, -0.05) is 55.5 Å². The van der Waals surface area contributed by atoms with E-state index in [9.17, 15) is 19.2 Å². The van der Waals surface area contributed by atoms with E-state index in [4.69, 9.17) is 0 Å². The van der Waals surface area contributed by atoms with Crippen molar-refractivity contribution in [2.24, 2.45) is 0 Å². The summed E-state index contributed by atoms with van der Waals surface area (Å²) in [6.07, 6.45) is 1.17. The second-order valence-corrected chi connectivity index (χ2v) is 6.50. The highest BCUT2D eigenvalue weighted by molar-refractivity contribution is 6.45. The lowest BCUT2D eigenvalue weighted by molar-refractivity contribution is -0.143. The van der Waals surface area contributed by atoms with Crippen molar-refractivity contribution in [1.29, 1.82) is 0 Å². The number of anilines is 1. The van der Waals surface area contributed by atoms with Crippen molar-refractivity contribution in [2.45, 2.75) is 19.8 Å². The highest BCUT2D eigenvalue weighted by Crippen LogP contribution is 2.20. The standard InChI is InChI=1S/C21H21N3O4/c1-2-12-23-19(26)20(27)24(21(23)28)14-18(25)22-17-11-7-6-10-16(17)13-15-8-4-3-5-9-15/h3-11H,2,12-14H2,1H3,(H,22,25). The number of nitrogens with one attached hydrogen (secondary N) is 1.